The number of aryl methyl sites for hydroxylation is 1. The normalized spacial score (nSPS) is 10.8. The van der Waals surface area contributed by atoms with Gasteiger partial charge in [-0.25, -0.2) is 5.43 Å². The first-order chi connectivity index (χ1) is 15.5. The van der Waals surface area contributed by atoms with E-state index >= 15 is 0 Å². The fourth-order valence-corrected chi connectivity index (χ4v) is 3.70. The summed E-state index contributed by atoms with van der Waals surface area (Å²) in [5, 5.41) is 15.4. The van der Waals surface area contributed by atoms with Gasteiger partial charge in [-0.2, -0.15) is 5.10 Å². The fourth-order valence-electron chi connectivity index (χ4n) is 2.97. The number of aromatic nitrogens is 2. The molecule has 166 valence electrons. The van der Waals surface area contributed by atoms with E-state index in [4.69, 9.17) is 0 Å². The van der Waals surface area contributed by atoms with E-state index in [0.29, 0.717) is 15.7 Å². The van der Waals surface area contributed by atoms with Crippen LogP contribution in [0.5, 0.6) is 0 Å². The molecule has 32 heavy (non-hydrogen) atoms. The maximum absolute atomic E-state index is 12.3. The number of benzene rings is 2. The summed E-state index contributed by atoms with van der Waals surface area (Å²) in [5.41, 5.74) is 6.14. The number of anilines is 2. The SMILES string of the molecule is CCN(CC)c1ccc(/C=N\NC(=O)Cc2nnc(NC(=O)c3ccc(C)cc3)s2)cc1. The zero-order valence-electron chi connectivity index (χ0n) is 18.3. The summed E-state index contributed by atoms with van der Waals surface area (Å²) < 4.78 is 0. The molecule has 0 saturated heterocycles. The van der Waals surface area contributed by atoms with Crippen molar-refractivity contribution < 1.29 is 9.59 Å². The summed E-state index contributed by atoms with van der Waals surface area (Å²) in [6, 6.07) is 15.2. The first-order valence-electron chi connectivity index (χ1n) is 10.4. The standard InChI is InChI=1S/C23H26N6O2S/c1-4-29(5-2)19-12-8-17(9-13-19)15-24-26-20(30)14-21-27-28-23(32-21)25-22(31)18-10-6-16(3)7-11-18/h6-13,15H,4-5,14H2,1-3H3,(H,26,30)(H,25,28,31)/b24-15-. The van der Waals surface area contributed by atoms with Crippen molar-refractivity contribution in [2.45, 2.75) is 27.2 Å². The predicted octanol–water partition coefficient (Wildman–Crippen LogP) is 3.64. The molecule has 8 nitrogen and oxygen atoms in total. The van der Waals surface area contributed by atoms with Gasteiger partial charge in [-0.3, -0.25) is 14.9 Å². The van der Waals surface area contributed by atoms with Crippen LogP contribution in [-0.2, 0) is 11.2 Å². The predicted molar refractivity (Wildman–Crippen MR) is 128 cm³/mol. The third kappa shape index (κ3) is 6.45. The van der Waals surface area contributed by atoms with E-state index in [-0.39, 0.29) is 18.2 Å². The second kappa shape index (κ2) is 11.1. The van der Waals surface area contributed by atoms with Crippen LogP contribution in [0.1, 0.15) is 40.3 Å². The van der Waals surface area contributed by atoms with Crippen molar-refractivity contribution in [1.29, 1.82) is 0 Å². The second-order valence-electron chi connectivity index (χ2n) is 7.05. The number of nitrogens with one attached hydrogen (secondary N) is 2. The molecule has 0 radical (unpaired) electrons. The molecular weight excluding hydrogens is 424 g/mol. The lowest BCUT2D eigenvalue weighted by Crippen LogP contribution is -2.21. The number of amides is 2. The molecule has 0 saturated carbocycles. The van der Waals surface area contributed by atoms with E-state index in [0.717, 1.165) is 41.2 Å². The molecule has 9 heteroatoms. The lowest BCUT2D eigenvalue weighted by molar-refractivity contribution is -0.120. The molecule has 2 aromatic carbocycles. The Bertz CT molecular complexity index is 1070. The number of hydrogen-bond acceptors (Lipinski definition) is 7. The van der Waals surface area contributed by atoms with Crippen LogP contribution in [0.4, 0.5) is 10.8 Å². The Morgan fingerprint density at radius 2 is 1.72 bits per heavy atom. The summed E-state index contributed by atoms with van der Waals surface area (Å²) in [7, 11) is 0. The van der Waals surface area contributed by atoms with Gasteiger partial charge in [0.2, 0.25) is 11.0 Å². The van der Waals surface area contributed by atoms with Crippen LogP contribution in [0.2, 0.25) is 0 Å². The van der Waals surface area contributed by atoms with Gasteiger partial charge in [0.25, 0.3) is 5.91 Å². The van der Waals surface area contributed by atoms with Gasteiger partial charge in [-0.15, -0.1) is 10.2 Å². The van der Waals surface area contributed by atoms with Crippen LogP contribution in [0.25, 0.3) is 0 Å². The van der Waals surface area contributed by atoms with Crippen molar-refractivity contribution in [2.75, 3.05) is 23.3 Å². The molecule has 0 atom stereocenters. The van der Waals surface area contributed by atoms with E-state index in [1.807, 2.05) is 43.3 Å². The molecule has 0 aliphatic rings. The number of nitrogens with zero attached hydrogens (tertiary/aromatic N) is 4. The average molecular weight is 451 g/mol. The Hall–Kier alpha value is -3.59. The van der Waals surface area contributed by atoms with Crippen LogP contribution >= 0.6 is 11.3 Å². The highest BCUT2D eigenvalue weighted by Gasteiger charge is 2.12. The highest BCUT2D eigenvalue weighted by atomic mass is 32.1. The molecular formula is C23H26N6O2S. The maximum Gasteiger partial charge on any atom is 0.257 e. The molecule has 0 bridgehead atoms. The molecule has 1 heterocycles. The van der Waals surface area contributed by atoms with Gasteiger partial charge >= 0.3 is 0 Å². The van der Waals surface area contributed by atoms with E-state index in [2.05, 4.69) is 44.8 Å². The second-order valence-corrected chi connectivity index (χ2v) is 8.12. The molecule has 2 amide bonds. The highest BCUT2D eigenvalue weighted by molar-refractivity contribution is 7.15. The quantitative estimate of drug-likeness (QED) is 0.383. The van der Waals surface area contributed by atoms with Gasteiger partial charge in [-0.05, 0) is 50.6 Å². The Morgan fingerprint density at radius 1 is 1.03 bits per heavy atom. The summed E-state index contributed by atoms with van der Waals surface area (Å²) in [6.45, 7) is 8.09. The minimum Gasteiger partial charge on any atom is -0.372 e. The van der Waals surface area contributed by atoms with Crippen LogP contribution < -0.4 is 15.6 Å². The van der Waals surface area contributed by atoms with Gasteiger partial charge in [-0.1, -0.05) is 41.2 Å². The van der Waals surface area contributed by atoms with Crippen molar-refractivity contribution in [2.24, 2.45) is 5.10 Å². The lowest BCUT2D eigenvalue weighted by atomic mass is 10.1. The molecule has 1 aromatic heterocycles. The Kier molecular flexibility index (Phi) is 8.04. The number of hydrogen-bond donors (Lipinski definition) is 2. The van der Waals surface area contributed by atoms with Crippen molar-refractivity contribution >= 4 is 40.2 Å². The lowest BCUT2D eigenvalue weighted by Gasteiger charge is -2.20. The minimum atomic E-state index is -0.312. The smallest absolute Gasteiger partial charge is 0.257 e. The minimum absolute atomic E-state index is 0.0241. The van der Waals surface area contributed by atoms with Crippen LogP contribution in [0.3, 0.4) is 0 Å². The summed E-state index contributed by atoms with van der Waals surface area (Å²) in [5.74, 6) is -0.581. The summed E-state index contributed by atoms with van der Waals surface area (Å²) >= 11 is 1.15. The third-order valence-electron chi connectivity index (χ3n) is 4.74. The van der Waals surface area contributed by atoms with Crippen molar-refractivity contribution in [3.8, 4) is 0 Å². The van der Waals surface area contributed by atoms with Crippen molar-refractivity contribution in [1.82, 2.24) is 15.6 Å². The van der Waals surface area contributed by atoms with Gasteiger partial charge in [0.1, 0.15) is 5.01 Å². The Balaban J connectivity index is 1.48. The molecule has 0 aliphatic carbocycles. The summed E-state index contributed by atoms with van der Waals surface area (Å²) in [4.78, 5) is 26.6. The van der Waals surface area contributed by atoms with Gasteiger partial charge in [0, 0.05) is 24.3 Å². The third-order valence-corrected chi connectivity index (χ3v) is 5.58. The van der Waals surface area contributed by atoms with E-state index in [1.165, 1.54) is 0 Å². The molecule has 2 N–H and O–H groups in total. The van der Waals surface area contributed by atoms with Gasteiger partial charge < -0.3 is 4.90 Å². The van der Waals surface area contributed by atoms with E-state index in [1.54, 1.807) is 18.3 Å². The number of carbonyl (C=O) groups excluding carboxylic acids is 2. The zero-order chi connectivity index (χ0) is 22.9. The zero-order valence-corrected chi connectivity index (χ0v) is 19.1. The van der Waals surface area contributed by atoms with Crippen LogP contribution in [0, 0.1) is 6.92 Å². The van der Waals surface area contributed by atoms with Crippen molar-refractivity contribution in [3.63, 3.8) is 0 Å². The van der Waals surface area contributed by atoms with Crippen LogP contribution in [-0.4, -0.2) is 41.3 Å². The first-order valence-corrected chi connectivity index (χ1v) is 11.2. The van der Waals surface area contributed by atoms with Crippen LogP contribution in [0.15, 0.2) is 53.6 Å². The Morgan fingerprint density at radius 3 is 2.38 bits per heavy atom. The molecule has 3 rings (SSSR count). The van der Waals surface area contributed by atoms with E-state index < -0.39 is 0 Å². The number of rotatable bonds is 9. The maximum atomic E-state index is 12.3. The molecule has 3 aromatic rings. The molecule has 0 spiro atoms. The molecule has 0 fully saturated rings. The highest BCUT2D eigenvalue weighted by Crippen LogP contribution is 2.17. The first kappa shape index (κ1) is 23.1. The van der Waals surface area contributed by atoms with Crippen molar-refractivity contribution in [3.05, 3.63) is 70.2 Å². The summed E-state index contributed by atoms with van der Waals surface area (Å²) in [6.07, 6.45) is 1.62. The monoisotopic (exact) mass is 450 g/mol. The molecule has 0 unspecified atom stereocenters. The average Bonchev–Trinajstić information content (AvgIpc) is 3.22. The number of carbonyl (C=O) groups is 2. The van der Waals surface area contributed by atoms with Gasteiger partial charge in [0.05, 0.1) is 12.6 Å². The topological polar surface area (TPSA) is 99.6 Å². The number of hydrazone groups is 1. The Labute approximate surface area is 191 Å². The molecule has 0 aliphatic heterocycles. The largest absolute Gasteiger partial charge is 0.372 e. The van der Waals surface area contributed by atoms with E-state index in [9.17, 15) is 9.59 Å². The van der Waals surface area contributed by atoms with Gasteiger partial charge in [0.15, 0.2) is 0 Å². The fraction of sp³-hybridized carbons (Fsp3) is 0.261.